The standard InChI is InChI=1S/C19H25N3OS2/c1-2-20-19(21-13-15-24-17-9-5-3-6-10-17)22-14-16-25(23)18-11-7-4-8-12-18/h3-12H,2,13-16H2,1H3,(H2,20,21,22). The number of hydrogen-bond acceptors (Lipinski definition) is 3. The van der Waals surface area contributed by atoms with E-state index >= 15 is 0 Å². The molecular formula is C19H25N3OS2. The highest BCUT2D eigenvalue weighted by Crippen LogP contribution is 2.15. The highest BCUT2D eigenvalue weighted by Gasteiger charge is 2.03. The van der Waals surface area contributed by atoms with Gasteiger partial charge in [0.05, 0.1) is 17.3 Å². The van der Waals surface area contributed by atoms with Crippen LogP contribution in [0.15, 0.2) is 75.4 Å². The number of guanidine groups is 1. The Bertz CT molecular complexity index is 663. The second-order valence-electron chi connectivity index (χ2n) is 5.21. The highest BCUT2D eigenvalue weighted by molar-refractivity contribution is 7.99. The van der Waals surface area contributed by atoms with E-state index in [4.69, 9.17) is 0 Å². The summed E-state index contributed by atoms with van der Waals surface area (Å²) in [6, 6.07) is 19.9. The molecule has 25 heavy (non-hydrogen) atoms. The van der Waals surface area contributed by atoms with Crippen LogP contribution in [0.2, 0.25) is 0 Å². The lowest BCUT2D eigenvalue weighted by atomic mass is 10.4. The number of nitrogens with one attached hydrogen (secondary N) is 2. The third-order valence-corrected chi connectivity index (χ3v) is 5.67. The van der Waals surface area contributed by atoms with E-state index < -0.39 is 10.8 Å². The Morgan fingerprint density at radius 2 is 1.72 bits per heavy atom. The molecule has 0 radical (unpaired) electrons. The van der Waals surface area contributed by atoms with E-state index in [1.165, 1.54) is 4.90 Å². The molecule has 6 heteroatoms. The zero-order valence-electron chi connectivity index (χ0n) is 14.5. The lowest BCUT2D eigenvalue weighted by Crippen LogP contribution is -2.38. The topological polar surface area (TPSA) is 53.5 Å². The van der Waals surface area contributed by atoms with Crippen LogP contribution in [0.25, 0.3) is 0 Å². The van der Waals surface area contributed by atoms with Crippen molar-refractivity contribution in [3.63, 3.8) is 0 Å². The minimum atomic E-state index is -1.00. The molecule has 1 unspecified atom stereocenters. The first-order valence-electron chi connectivity index (χ1n) is 8.43. The maximum absolute atomic E-state index is 12.2. The van der Waals surface area contributed by atoms with Crippen LogP contribution in [0, 0.1) is 0 Å². The number of nitrogens with zero attached hydrogens (tertiary/aromatic N) is 1. The van der Waals surface area contributed by atoms with Gasteiger partial charge in [-0.25, -0.2) is 0 Å². The summed E-state index contributed by atoms with van der Waals surface area (Å²) >= 11 is 1.81. The smallest absolute Gasteiger partial charge is 0.191 e. The molecule has 1 atom stereocenters. The fraction of sp³-hybridized carbons (Fsp3) is 0.316. The predicted molar refractivity (Wildman–Crippen MR) is 109 cm³/mol. The molecule has 134 valence electrons. The van der Waals surface area contributed by atoms with Gasteiger partial charge in [0.2, 0.25) is 0 Å². The summed E-state index contributed by atoms with van der Waals surface area (Å²) in [4.78, 5) is 6.64. The minimum Gasteiger partial charge on any atom is -0.357 e. The molecule has 0 fully saturated rings. The number of rotatable bonds is 9. The highest BCUT2D eigenvalue weighted by atomic mass is 32.2. The average molecular weight is 376 g/mol. The van der Waals surface area contributed by atoms with Crippen molar-refractivity contribution in [1.82, 2.24) is 10.6 Å². The Hall–Kier alpha value is -1.79. The number of hydrogen-bond donors (Lipinski definition) is 2. The molecule has 0 bridgehead atoms. The van der Waals surface area contributed by atoms with Crippen molar-refractivity contribution >= 4 is 28.5 Å². The number of aliphatic imine (C=N–C) groups is 1. The van der Waals surface area contributed by atoms with E-state index in [1.54, 1.807) is 0 Å². The molecule has 0 saturated heterocycles. The van der Waals surface area contributed by atoms with Gasteiger partial charge >= 0.3 is 0 Å². The first kappa shape index (κ1) is 19.5. The van der Waals surface area contributed by atoms with Crippen molar-refractivity contribution in [3.8, 4) is 0 Å². The lowest BCUT2D eigenvalue weighted by molar-refractivity contribution is 0.682. The molecule has 2 aromatic rings. The Kier molecular flexibility index (Phi) is 9.15. The molecule has 0 aliphatic heterocycles. The van der Waals surface area contributed by atoms with Crippen molar-refractivity contribution in [3.05, 3.63) is 60.7 Å². The van der Waals surface area contributed by atoms with E-state index in [0.29, 0.717) is 12.3 Å². The maximum atomic E-state index is 12.2. The van der Waals surface area contributed by atoms with Crippen LogP contribution in [-0.4, -0.2) is 41.3 Å². The van der Waals surface area contributed by atoms with Gasteiger partial charge in [0.15, 0.2) is 5.96 Å². The van der Waals surface area contributed by atoms with Gasteiger partial charge in [-0.05, 0) is 31.2 Å². The summed E-state index contributed by atoms with van der Waals surface area (Å²) in [5, 5.41) is 6.55. The van der Waals surface area contributed by atoms with Crippen LogP contribution in [0.5, 0.6) is 0 Å². The van der Waals surface area contributed by atoms with E-state index in [-0.39, 0.29) is 0 Å². The molecule has 0 spiro atoms. The summed E-state index contributed by atoms with van der Waals surface area (Å²) < 4.78 is 12.2. The molecular weight excluding hydrogens is 350 g/mol. The van der Waals surface area contributed by atoms with Gasteiger partial charge in [0.1, 0.15) is 0 Å². The maximum Gasteiger partial charge on any atom is 0.191 e. The lowest BCUT2D eigenvalue weighted by Gasteiger charge is -2.11. The molecule has 2 N–H and O–H groups in total. The van der Waals surface area contributed by atoms with Gasteiger partial charge < -0.3 is 10.6 Å². The fourth-order valence-corrected chi connectivity index (χ4v) is 3.87. The van der Waals surface area contributed by atoms with E-state index in [2.05, 4.69) is 27.8 Å². The molecule has 0 heterocycles. The Morgan fingerprint density at radius 1 is 1.04 bits per heavy atom. The zero-order valence-corrected chi connectivity index (χ0v) is 16.1. The Morgan fingerprint density at radius 3 is 2.40 bits per heavy atom. The molecule has 0 amide bonds. The van der Waals surface area contributed by atoms with Crippen LogP contribution in [0.1, 0.15) is 6.92 Å². The SMILES string of the molecule is CCNC(=NCCS(=O)c1ccccc1)NCCSc1ccccc1. The van der Waals surface area contributed by atoms with Crippen molar-refractivity contribution in [2.24, 2.45) is 4.99 Å². The number of thioether (sulfide) groups is 1. The van der Waals surface area contributed by atoms with Crippen LogP contribution >= 0.6 is 11.8 Å². The minimum absolute atomic E-state index is 0.527. The summed E-state index contributed by atoms with van der Waals surface area (Å²) in [5.41, 5.74) is 0. The van der Waals surface area contributed by atoms with Gasteiger partial charge in [-0.15, -0.1) is 11.8 Å². The van der Waals surface area contributed by atoms with E-state index in [0.717, 1.165) is 29.7 Å². The van der Waals surface area contributed by atoms with Crippen LogP contribution in [-0.2, 0) is 10.8 Å². The Labute approximate surface area is 157 Å². The van der Waals surface area contributed by atoms with Crippen LogP contribution in [0.3, 0.4) is 0 Å². The molecule has 2 rings (SSSR count). The fourth-order valence-electron chi connectivity index (χ4n) is 2.13. The third-order valence-electron chi connectivity index (χ3n) is 3.30. The van der Waals surface area contributed by atoms with Gasteiger partial charge in [-0.1, -0.05) is 36.4 Å². The van der Waals surface area contributed by atoms with Crippen molar-refractivity contribution < 1.29 is 4.21 Å². The molecule has 0 aliphatic carbocycles. The van der Waals surface area contributed by atoms with E-state index in [9.17, 15) is 4.21 Å². The zero-order chi connectivity index (χ0) is 17.7. The van der Waals surface area contributed by atoms with Crippen molar-refractivity contribution in [2.75, 3.05) is 31.1 Å². The molecule has 4 nitrogen and oxygen atoms in total. The van der Waals surface area contributed by atoms with Crippen LogP contribution < -0.4 is 10.6 Å². The van der Waals surface area contributed by atoms with Gasteiger partial charge in [-0.3, -0.25) is 9.20 Å². The quantitative estimate of drug-likeness (QED) is 0.306. The largest absolute Gasteiger partial charge is 0.357 e. The second kappa shape index (κ2) is 11.7. The van der Waals surface area contributed by atoms with Crippen molar-refractivity contribution in [1.29, 1.82) is 0 Å². The molecule has 0 aromatic heterocycles. The van der Waals surface area contributed by atoms with Crippen LogP contribution in [0.4, 0.5) is 0 Å². The predicted octanol–water partition coefficient (Wildman–Crippen LogP) is 3.14. The average Bonchev–Trinajstić information content (AvgIpc) is 2.66. The first-order chi connectivity index (χ1) is 12.3. The molecule has 0 aliphatic rings. The van der Waals surface area contributed by atoms with Gasteiger partial charge in [-0.2, -0.15) is 0 Å². The van der Waals surface area contributed by atoms with Gasteiger partial charge in [0.25, 0.3) is 0 Å². The molecule has 2 aromatic carbocycles. The second-order valence-corrected chi connectivity index (χ2v) is 7.95. The third kappa shape index (κ3) is 7.75. The van der Waals surface area contributed by atoms with Gasteiger partial charge in [0, 0.05) is 34.4 Å². The summed E-state index contributed by atoms with van der Waals surface area (Å²) in [7, 11) is -1.00. The summed E-state index contributed by atoms with van der Waals surface area (Å²) in [6.45, 7) is 4.20. The van der Waals surface area contributed by atoms with E-state index in [1.807, 2.05) is 67.2 Å². The first-order valence-corrected chi connectivity index (χ1v) is 10.7. The Balaban J connectivity index is 1.73. The molecule has 0 saturated carbocycles. The monoisotopic (exact) mass is 375 g/mol. The summed E-state index contributed by atoms with van der Waals surface area (Å²) in [5.74, 6) is 2.27. The summed E-state index contributed by atoms with van der Waals surface area (Å²) in [6.07, 6.45) is 0. The van der Waals surface area contributed by atoms with Crippen molar-refractivity contribution in [2.45, 2.75) is 16.7 Å². The normalized spacial score (nSPS) is 12.6. The number of benzene rings is 2.